The van der Waals surface area contributed by atoms with E-state index in [0.29, 0.717) is 19.8 Å². The normalized spacial score (nSPS) is 20.6. The molecule has 0 saturated carbocycles. The van der Waals surface area contributed by atoms with Crippen molar-refractivity contribution in [1.29, 1.82) is 0 Å². The lowest BCUT2D eigenvalue weighted by atomic mass is 10.2. The Hall–Kier alpha value is -1.63. The van der Waals surface area contributed by atoms with E-state index >= 15 is 0 Å². The van der Waals surface area contributed by atoms with Crippen LogP contribution in [0, 0.1) is 0 Å². The number of hydrogen-bond donors (Lipinski definition) is 1. The van der Waals surface area contributed by atoms with E-state index in [1.165, 1.54) is 5.56 Å². The molecule has 2 heterocycles. The van der Waals surface area contributed by atoms with E-state index in [2.05, 4.69) is 15.9 Å². The minimum absolute atomic E-state index is 0.234. The molecule has 1 aromatic rings. The van der Waals surface area contributed by atoms with Crippen LogP contribution in [-0.2, 0) is 16.1 Å². The summed E-state index contributed by atoms with van der Waals surface area (Å²) in [6.45, 7) is 8.12. The molecule has 0 atom stereocenters. The van der Waals surface area contributed by atoms with Gasteiger partial charge in [0.15, 0.2) is 0 Å². The molecule has 23 heavy (non-hydrogen) atoms. The van der Waals surface area contributed by atoms with Gasteiger partial charge in [0.1, 0.15) is 0 Å². The Morgan fingerprint density at radius 3 is 2.43 bits per heavy atom. The van der Waals surface area contributed by atoms with Gasteiger partial charge in [-0.1, -0.05) is 12.1 Å². The Bertz CT molecular complexity index is 523. The van der Waals surface area contributed by atoms with E-state index in [1.807, 2.05) is 23.1 Å². The van der Waals surface area contributed by atoms with E-state index < -0.39 is 0 Å². The molecule has 0 spiro atoms. The molecule has 6 heteroatoms. The highest BCUT2D eigenvalue weighted by atomic mass is 16.5. The maximum Gasteiger partial charge on any atom is 0.236 e. The van der Waals surface area contributed by atoms with Crippen LogP contribution in [0.5, 0.6) is 0 Å². The fourth-order valence-electron chi connectivity index (χ4n) is 3.16. The van der Waals surface area contributed by atoms with Crippen molar-refractivity contribution in [3.8, 4) is 0 Å². The lowest BCUT2D eigenvalue weighted by molar-refractivity contribution is -0.136. The van der Waals surface area contributed by atoms with Gasteiger partial charge in [0.05, 0.1) is 19.8 Å². The highest BCUT2D eigenvalue weighted by Crippen LogP contribution is 2.12. The zero-order valence-electron chi connectivity index (χ0n) is 13.6. The fourth-order valence-corrected chi connectivity index (χ4v) is 3.16. The van der Waals surface area contributed by atoms with Crippen LogP contribution in [0.1, 0.15) is 5.56 Å². The van der Waals surface area contributed by atoms with Crippen molar-refractivity contribution < 1.29 is 9.53 Å². The molecule has 2 fully saturated rings. The van der Waals surface area contributed by atoms with Gasteiger partial charge in [0, 0.05) is 51.5 Å². The second-order valence-electron chi connectivity index (χ2n) is 6.29. The zero-order valence-corrected chi connectivity index (χ0v) is 13.6. The van der Waals surface area contributed by atoms with Gasteiger partial charge in [-0.2, -0.15) is 0 Å². The van der Waals surface area contributed by atoms with E-state index in [4.69, 9.17) is 10.5 Å². The molecule has 2 N–H and O–H groups in total. The maximum absolute atomic E-state index is 12.3. The molecule has 126 valence electrons. The lowest BCUT2D eigenvalue weighted by Gasteiger charge is -2.36. The Morgan fingerprint density at radius 2 is 1.74 bits per heavy atom. The SMILES string of the molecule is Nc1cccc(CN2CCN(CC(=O)N3CCOCC3)CC2)c1. The van der Waals surface area contributed by atoms with Gasteiger partial charge in [-0.15, -0.1) is 0 Å². The molecule has 1 aromatic carbocycles. The van der Waals surface area contributed by atoms with E-state index in [1.54, 1.807) is 0 Å². The van der Waals surface area contributed by atoms with Crippen molar-refractivity contribution in [2.45, 2.75) is 6.54 Å². The van der Waals surface area contributed by atoms with Crippen LogP contribution in [0.15, 0.2) is 24.3 Å². The minimum Gasteiger partial charge on any atom is -0.399 e. The van der Waals surface area contributed by atoms with Crippen LogP contribution in [-0.4, -0.2) is 79.6 Å². The number of nitrogens with zero attached hydrogens (tertiary/aromatic N) is 3. The molecule has 2 aliphatic rings. The fraction of sp³-hybridized carbons (Fsp3) is 0.588. The lowest BCUT2D eigenvalue weighted by Crippen LogP contribution is -2.51. The highest BCUT2D eigenvalue weighted by molar-refractivity contribution is 5.78. The summed E-state index contributed by atoms with van der Waals surface area (Å²) < 4.78 is 5.30. The largest absolute Gasteiger partial charge is 0.399 e. The Kier molecular flexibility index (Phi) is 5.48. The quantitative estimate of drug-likeness (QED) is 0.806. The molecule has 3 rings (SSSR count). The second kappa shape index (κ2) is 7.77. The average Bonchev–Trinajstić information content (AvgIpc) is 2.57. The summed E-state index contributed by atoms with van der Waals surface area (Å²) >= 11 is 0. The number of amides is 1. The van der Waals surface area contributed by atoms with E-state index in [9.17, 15) is 4.79 Å². The molecular weight excluding hydrogens is 292 g/mol. The third-order valence-corrected chi connectivity index (χ3v) is 4.54. The molecule has 2 aliphatic heterocycles. The Balaban J connectivity index is 1.42. The van der Waals surface area contributed by atoms with Gasteiger partial charge in [0.25, 0.3) is 0 Å². The number of anilines is 1. The number of piperazine rings is 1. The summed E-state index contributed by atoms with van der Waals surface area (Å²) in [4.78, 5) is 18.9. The van der Waals surface area contributed by atoms with Crippen LogP contribution in [0.4, 0.5) is 5.69 Å². The molecule has 2 saturated heterocycles. The average molecular weight is 318 g/mol. The molecular formula is C17H26N4O2. The predicted molar refractivity (Wildman–Crippen MR) is 90.0 cm³/mol. The summed E-state index contributed by atoms with van der Waals surface area (Å²) in [7, 11) is 0. The Labute approximate surface area is 137 Å². The first kappa shape index (κ1) is 16.2. The summed E-state index contributed by atoms with van der Waals surface area (Å²) in [6, 6.07) is 8.07. The monoisotopic (exact) mass is 318 g/mol. The van der Waals surface area contributed by atoms with E-state index in [0.717, 1.165) is 51.5 Å². The first-order valence-electron chi connectivity index (χ1n) is 8.35. The number of ether oxygens (including phenoxy) is 1. The summed E-state index contributed by atoms with van der Waals surface area (Å²) in [5.41, 5.74) is 7.90. The first-order valence-corrected chi connectivity index (χ1v) is 8.35. The summed E-state index contributed by atoms with van der Waals surface area (Å²) in [6.07, 6.45) is 0. The topological polar surface area (TPSA) is 62.0 Å². The summed E-state index contributed by atoms with van der Waals surface area (Å²) in [5.74, 6) is 0.234. The molecule has 0 unspecified atom stereocenters. The molecule has 0 aromatic heterocycles. The van der Waals surface area contributed by atoms with Crippen molar-refractivity contribution >= 4 is 11.6 Å². The van der Waals surface area contributed by atoms with Crippen LogP contribution in [0.25, 0.3) is 0 Å². The van der Waals surface area contributed by atoms with Crippen LogP contribution < -0.4 is 5.73 Å². The van der Waals surface area contributed by atoms with Gasteiger partial charge >= 0.3 is 0 Å². The number of nitrogen functional groups attached to an aromatic ring is 1. The maximum atomic E-state index is 12.3. The third kappa shape index (κ3) is 4.67. The predicted octanol–water partition coefficient (Wildman–Crippen LogP) is 0.245. The number of benzene rings is 1. The number of carbonyl (C=O) groups is 1. The number of carbonyl (C=O) groups excluding carboxylic acids is 1. The van der Waals surface area contributed by atoms with Gasteiger partial charge < -0.3 is 15.4 Å². The van der Waals surface area contributed by atoms with Gasteiger partial charge in [-0.25, -0.2) is 0 Å². The second-order valence-corrected chi connectivity index (χ2v) is 6.29. The number of rotatable bonds is 4. The van der Waals surface area contributed by atoms with Crippen LogP contribution in [0.2, 0.25) is 0 Å². The number of nitrogens with two attached hydrogens (primary N) is 1. The Morgan fingerprint density at radius 1 is 1.04 bits per heavy atom. The molecule has 6 nitrogen and oxygen atoms in total. The molecule has 0 aliphatic carbocycles. The van der Waals surface area contributed by atoms with Gasteiger partial charge in [0.2, 0.25) is 5.91 Å². The van der Waals surface area contributed by atoms with Crippen LogP contribution >= 0.6 is 0 Å². The van der Waals surface area contributed by atoms with Crippen molar-refractivity contribution in [1.82, 2.24) is 14.7 Å². The van der Waals surface area contributed by atoms with Crippen molar-refractivity contribution in [2.75, 3.05) is 64.8 Å². The molecule has 0 bridgehead atoms. The highest BCUT2D eigenvalue weighted by Gasteiger charge is 2.22. The van der Waals surface area contributed by atoms with Crippen molar-refractivity contribution in [3.63, 3.8) is 0 Å². The van der Waals surface area contributed by atoms with Crippen LogP contribution in [0.3, 0.4) is 0 Å². The number of morpholine rings is 1. The van der Waals surface area contributed by atoms with Gasteiger partial charge in [-0.05, 0) is 17.7 Å². The minimum atomic E-state index is 0.234. The third-order valence-electron chi connectivity index (χ3n) is 4.54. The summed E-state index contributed by atoms with van der Waals surface area (Å²) in [5, 5.41) is 0. The molecule has 0 radical (unpaired) electrons. The zero-order chi connectivity index (χ0) is 16.1. The van der Waals surface area contributed by atoms with E-state index in [-0.39, 0.29) is 5.91 Å². The van der Waals surface area contributed by atoms with Crippen molar-refractivity contribution in [3.05, 3.63) is 29.8 Å². The molecule has 1 amide bonds. The number of hydrogen-bond acceptors (Lipinski definition) is 5. The van der Waals surface area contributed by atoms with Gasteiger partial charge in [-0.3, -0.25) is 14.6 Å². The first-order chi connectivity index (χ1) is 11.2. The standard InChI is InChI=1S/C17H26N4O2/c18-16-3-1-2-15(12-16)13-19-4-6-20(7-5-19)14-17(22)21-8-10-23-11-9-21/h1-3,12H,4-11,13-14,18H2. The smallest absolute Gasteiger partial charge is 0.236 e. The van der Waals surface area contributed by atoms with Crippen molar-refractivity contribution in [2.24, 2.45) is 0 Å².